The summed E-state index contributed by atoms with van der Waals surface area (Å²) in [4.78, 5) is 36.5. The van der Waals surface area contributed by atoms with Gasteiger partial charge in [0.1, 0.15) is 5.75 Å². The van der Waals surface area contributed by atoms with Crippen molar-refractivity contribution in [2.75, 3.05) is 20.2 Å². The fourth-order valence-electron chi connectivity index (χ4n) is 3.40. The Kier molecular flexibility index (Phi) is 5.07. The zero-order valence-corrected chi connectivity index (χ0v) is 14.6. The summed E-state index contributed by atoms with van der Waals surface area (Å²) in [5.74, 6) is -2.36. The van der Waals surface area contributed by atoms with Crippen LogP contribution in [0.2, 0.25) is 0 Å². The van der Waals surface area contributed by atoms with Gasteiger partial charge < -0.3 is 14.7 Å². The molecule has 1 amide bonds. The molecule has 2 aromatic rings. The van der Waals surface area contributed by atoms with Crippen LogP contribution in [0.15, 0.2) is 48.5 Å². The molecule has 0 radical (unpaired) electrons. The van der Waals surface area contributed by atoms with E-state index in [9.17, 15) is 24.8 Å². The Balaban J connectivity index is 1.93. The number of carboxylic acid groups (broad SMARTS) is 1. The minimum Gasteiger partial charge on any atom is -0.496 e. The molecule has 0 aliphatic carbocycles. The molecule has 8 nitrogen and oxygen atoms in total. The number of ether oxygens (including phenoxy) is 1. The van der Waals surface area contributed by atoms with Crippen molar-refractivity contribution >= 4 is 17.6 Å². The first-order valence-corrected chi connectivity index (χ1v) is 8.31. The highest BCUT2D eigenvalue weighted by Crippen LogP contribution is 2.35. The molecule has 0 aromatic heterocycles. The number of likely N-dealkylation sites (tertiary alicyclic amines) is 1. The van der Waals surface area contributed by atoms with Gasteiger partial charge in [-0.1, -0.05) is 30.3 Å². The van der Waals surface area contributed by atoms with Crippen LogP contribution in [0.4, 0.5) is 5.69 Å². The summed E-state index contributed by atoms with van der Waals surface area (Å²) in [6.45, 7) is 0.241. The van der Waals surface area contributed by atoms with Crippen molar-refractivity contribution < 1.29 is 24.4 Å². The molecule has 0 saturated carbocycles. The molecule has 1 aliphatic heterocycles. The molecule has 1 N–H and O–H groups in total. The van der Waals surface area contributed by atoms with Crippen molar-refractivity contribution in [3.8, 4) is 5.75 Å². The van der Waals surface area contributed by atoms with Crippen LogP contribution in [0, 0.1) is 16.0 Å². The van der Waals surface area contributed by atoms with Crippen LogP contribution in [0.25, 0.3) is 0 Å². The van der Waals surface area contributed by atoms with E-state index >= 15 is 0 Å². The van der Waals surface area contributed by atoms with Crippen LogP contribution in [-0.2, 0) is 4.79 Å². The highest BCUT2D eigenvalue weighted by molar-refractivity contribution is 5.98. The molecule has 1 aliphatic rings. The van der Waals surface area contributed by atoms with E-state index in [1.807, 2.05) is 30.3 Å². The first kappa shape index (κ1) is 18.4. The highest BCUT2D eigenvalue weighted by atomic mass is 16.6. The van der Waals surface area contributed by atoms with Crippen molar-refractivity contribution in [1.29, 1.82) is 0 Å². The van der Waals surface area contributed by atoms with Gasteiger partial charge in [-0.25, -0.2) is 0 Å². The number of aliphatic carboxylic acids is 1. The van der Waals surface area contributed by atoms with Gasteiger partial charge in [-0.05, 0) is 11.6 Å². The Hall–Kier alpha value is -3.42. The zero-order valence-electron chi connectivity index (χ0n) is 14.6. The maximum atomic E-state index is 13.0. The molecule has 2 atom stereocenters. The Morgan fingerprint density at radius 3 is 2.48 bits per heavy atom. The smallest absolute Gasteiger partial charge is 0.308 e. The summed E-state index contributed by atoms with van der Waals surface area (Å²) in [6.07, 6.45) is 0. The normalized spacial score (nSPS) is 18.9. The topological polar surface area (TPSA) is 110 Å². The van der Waals surface area contributed by atoms with Crippen molar-refractivity contribution in [3.05, 3.63) is 69.8 Å². The van der Waals surface area contributed by atoms with E-state index in [1.165, 1.54) is 24.1 Å². The van der Waals surface area contributed by atoms with E-state index < -0.39 is 22.7 Å². The summed E-state index contributed by atoms with van der Waals surface area (Å²) >= 11 is 0. The lowest BCUT2D eigenvalue weighted by Crippen LogP contribution is -2.30. The Morgan fingerprint density at radius 2 is 1.89 bits per heavy atom. The number of carbonyl (C=O) groups is 2. The summed E-state index contributed by atoms with van der Waals surface area (Å²) in [5, 5.41) is 20.6. The van der Waals surface area contributed by atoms with Crippen molar-refractivity contribution in [3.63, 3.8) is 0 Å². The van der Waals surface area contributed by atoms with Crippen LogP contribution >= 0.6 is 0 Å². The third-order valence-electron chi connectivity index (χ3n) is 4.78. The second-order valence-corrected chi connectivity index (χ2v) is 6.31. The van der Waals surface area contributed by atoms with Crippen molar-refractivity contribution in [2.45, 2.75) is 5.92 Å². The molecule has 1 heterocycles. The number of non-ortho nitro benzene ring substituents is 1. The van der Waals surface area contributed by atoms with Crippen LogP contribution in [0.3, 0.4) is 0 Å². The van der Waals surface area contributed by atoms with Gasteiger partial charge in [-0.3, -0.25) is 19.7 Å². The van der Waals surface area contributed by atoms with E-state index in [1.54, 1.807) is 0 Å². The largest absolute Gasteiger partial charge is 0.496 e. The van der Waals surface area contributed by atoms with Gasteiger partial charge in [-0.15, -0.1) is 0 Å². The predicted octanol–water partition coefficient (Wildman–Crippen LogP) is 2.54. The number of hydrogen-bond acceptors (Lipinski definition) is 5. The van der Waals surface area contributed by atoms with Crippen LogP contribution < -0.4 is 4.74 Å². The van der Waals surface area contributed by atoms with Gasteiger partial charge in [0.2, 0.25) is 0 Å². The molecule has 140 valence electrons. The van der Waals surface area contributed by atoms with E-state index in [0.717, 1.165) is 11.6 Å². The van der Waals surface area contributed by atoms with E-state index in [2.05, 4.69) is 0 Å². The fourth-order valence-corrected chi connectivity index (χ4v) is 3.40. The molecule has 1 fully saturated rings. The second kappa shape index (κ2) is 7.45. The first-order valence-electron chi connectivity index (χ1n) is 8.31. The van der Waals surface area contributed by atoms with Gasteiger partial charge in [0.25, 0.3) is 11.6 Å². The van der Waals surface area contributed by atoms with Gasteiger partial charge >= 0.3 is 5.97 Å². The van der Waals surface area contributed by atoms with Crippen LogP contribution in [0.1, 0.15) is 21.8 Å². The lowest BCUT2D eigenvalue weighted by molar-refractivity contribution is -0.384. The van der Waals surface area contributed by atoms with Gasteiger partial charge in [0.05, 0.1) is 23.5 Å². The maximum absolute atomic E-state index is 13.0. The molecular weight excluding hydrogens is 352 g/mol. The molecule has 3 rings (SSSR count). The molecule has 8 heteroatoms. The Labute approximate surface area is 155 Å². The van der Waals surface area contributed by atoms with Gasteiger partial charge in [-0.2, -0.15) is 0 Å². The first-order chi connectivity index (χ1) is 12.9. The molecule has 2 unspecified atom stereocenters. The number of hydrogen-bond donors (Lipinski definition) is 1. The standard InChI is InChI=1S/C19H18N2O6/c1-27-17-8-7-13(21(25)26)9-14(17)18(22)20-10-15(16(11-20)19(23)24)12-5-3-2-4-6-12/h2-9,15-16H,10-11H2,1H3,(H,23,24). The molecule has 2 aromatic carbocycles. The lowest BCUT2D eigenvalue weighted by Gasteiger charge is -2.18. The quantitative estimate of drug-likeness (QED) is 0.640. The summed E-state index contributed by atoms with van der Waals surface area (Å²) < 4.78 is 5.16. The predicted molar refractivity (Wildman–Crippen MR) is 95.9 cm³/mol. The van der Waals surface area contributed by atoms with Crippen LogP contribution in [0.5, 0.6) is 5.75 Å². The molecule has 0 spiro atoms. The number of nitrogens with zero attached hydrogens (tertiary/aromatic N) is 2. The minimum absolute atomic E-state index is 0.0274. The number of benzene rings is 2. The molecule has 27 heavy (non-hydrogen) atoms. The Morgan fingerprint density at radius 1 is 1.19 bits per heavy atom. The van der Waals surface area contributed by atoms with Gasteiger partial charge in [0, 0.05) is 31.1 Å². The lowest BCUT2D eigenvalue weighted by atomic mass is 9.89. The third-order valence-corrected chi connectivity index (χ3v) is 4.78. The number of methoxy groups -OCH3 is 1. The number of carbonyl (C=O) groups excluding carboxylic acids is 1. The van der Waals surface area contributed by atoms with E-state index in [-0.39, 0.29) is 36.0 Å². The summed E-state index contributed by atoms with van der Waals surface area (Å²) in [5.41, 5.74) is 0.656. The third kappa shape index (κ3) is 3.59. The van der Waals surface area contributed by atoms with E-state index in [4.69, 9.17) is 4.74 Å². The van der Waals surface area contributed by atoms with Gasteiger partial charge in [0.15, 0.2) is 0 Å². The van der Waals surface area contributed by atoms with Crippen molar-refractivity contribution in [2.24, 2.45) is 5.92 Å². The number of nitro benzene ring substituents is 1. The highest BCUT2D eigenvalue weighted by Gasteiger charge is 2.41. The average Bonchev–Trinajstić information content (AvgIpc) is 3.13. The zero-order chi connectivity index (χ0) is 19.6. The maximum Gasteiger partial charge on any atom is 0.308 e. The van der Waals surface area contributed by atoms with Crippen LogP contribution in [-0.4, -0.2) is 47.0 Å². The number of rotatable bonds is 5. The fraction of sp³-hybridized carbons (Fsp3) is 0.263. The number of nitro groups is 1. The second-order valence-electron chi connectivity index (χ2n) is 6.31. The monoisotopic (exact) mass is 370 g/mol. The SMILES string of the molecule is COc1ccc([N+](=O)[O-])cc1C(=O)N1CC(C(=O)O)C(c2ccccc2)C1. The molecule has 0 bridgehead atoms. The minimum atomic E-state index is -0.981. The number of carboxylic acids is 1. The summed E-state index contributed by atoms with van der Waals surface area (Å²) in [6, 6.07) is 12.9. The molecular formula is C19H18N2O6. The Bertz CT molecular complexity index is 883. The van der Waals surface area contributed by atoms with E-state index in [0.29, 0.717) is 0 Å². The van der Waals surface area contributed by atoms with Crippen molar-refractivity contribution in [1.82, 2.24) is 4.90 Å². The number of amides is 1. The molecule has 1 saturated heterocycles. The summed E-state index contributed by atoms with van der Waals surface area (Å²) in [7, 11) is 1.37. The average molecular weight is 370 g/mol.